The molecule has 1 aromatic rings. The smallest absolute Gasteiger partial charge is 0.161 e. The Hall–Kier alpha value is -0.680. The molecule has 1 aliphatic rings. The topological polar surface area (TPSA) is 33.7 Å². The molecule has 2 rings (SSSR count). The van der Waals surface area contributed by atoms with Crippen molar-refractivity contribution in [3.05, 3.63) is 23.8 Å². The Morgan fingerprint density at radius 2 is 1.76 bits per heavy atom. The van der Waals surface area contributed by atoms with E-state index in [-0.39, 0.29) is 24.8 Å². The van der Waals surface area contributed by atoms with E-state index in [4.69, 9.17) is 9.47 Å². The molecule has 0 unspecified atom stereocenters. The number of hydrogen-bond donors (Lipinski definition) is 1. The second-order valence-corrected chi connectivity index (χ2v) is 6.62. The van der Waals surface area contributed by atoms with E-state index in [1.165, 1.54) is 18.4 Å². The van der Waals surface area contributed by atoms with Gasteiger partial charge in [0.15, 0.2) is 11.5 Å². The molecule has 1 fully saturated rings. The monoisotopic (exact) mass is 392 g/mol. The van der Waals surface area contributed by atoms with Gasteiger partial charge in [-0.15, -0.1) is 24.8 Å². The number of nitrogens with one attached hydrogen (secondary N) is 1. The van der Waals surface area contributed by atoms with Gasteiger partial charge in [-0.2, -0.15) is 0 Å². The van der Waals surface area contributed by atoms with Gasteiger partial charge in [0.05, 0.1) is 13.7 Å². The summed E-state index contributed by atoms with van der Waals surface area (Å²) in [5.41, 5.74) is 1.34. The third-order valence-corrected chi connectivity index (χ3v) is 4.48. The first-order valence-corrected chi connectivity index (χ1v) is 8.91. The molecule has 25 heavy (non-hydrogen) atoms. The number of halogens is 2. The van der Waals surface area contributed by atoms with Crippen molar-refractivity contribution >= 4 is 24.8 Å². The zero-order valence-corrected chi connectivity index (χ0v) is 17.5. The fraction of sp³-hybridized carbons (Fsp3) is 0.684. The Morgan fingerprint density at radius 3 is 2.32 bits per heavy atom. The molecule has 0 aromatic heterocycles. The summed E-state index contributed by atoms with van der Waals surface area (Å²) in [6.45, 7) is 11.6. The summed E-state index contributed by atoms with van der Waals surface area (Å²) in [4.78, 5) is 2.61. The van der Waals surface area contributed by atoms with Crippen molar-refractivity contribution in [2.24, 2.45) is 5.92 Å². The summed E-state index contributed by atoms with van der Waals surface area (Å²) in [6.07, 6.45) is 2.43. The highest BCUT2D eigenvalue weighted by Crippen LogP contribution is 2.34. The molecule has 0 bridgehead atoms. The molecule has 1 atom stereocenters. The van der Waals surface area contributed by atoms with E-state index in [9.17, 15) is 0 Å². The first-order chi connectivity index (χ1) is 11.2. The Bertz CT molecular complexity index is 480. The summed E-state index contributed by atoms with van der Waals surface area (Å²) < 4.78 is 11.2. The van der Waals surface area contributed by atoms with E-state index in [1.54, 1.807) is 7.11 Å². The van der Waals surface area contributed by atoms with Crippen molar-refractivity contribution in [3.8, 4) is 11.5 Å². The summed E-state index contributed by atoms with van der Waals surface area (Å²) >= 11 is 0. The number of rotatable bonds is 8. The molecule has 1 heterocycles. The van der Waals surface area contributed by atoms with Gasteiger partial charge in [-0.1, -0.05) is 19.9 Å². The normalized spacial score (nSPS) is 15.9. The highest BCUT2D eigenvalue weighted by atomic mass is 35.5. The molecule has 146 valence electrons. The van der Waals surface area contributed by atoms with Crippen molar-refractivity contribution in [2.45, 2.75) is 39.7 Å². The lowest BCUT2D eigenvalue weighted by Crippen LogP contribution is -2.45. The van der Waals surface area contributed by atoms with Crippen molar-refractivity contribution in [1.29, 1.82) is 0 Å². The average molecular weight is 393 g/mol. The highest BCUT2D eigenvalue weighted by molar-refractivity contribution is 5.85. The molecule has 1 aromatic carbocycles. The standard InChI is InChI=1S/C19H32N2O2.2ClH/c1-5-23-19-14-16(7-9-18(19)22-4)17(8-6-15(2)3)21-12-10-20-11-13-21;;/h7,9,14-15,17,20H,5-6,8,10-13H2,1-4H3;2*1H/t17-;;/m1../s1. The maximum Gasteiger partial charge on any atom is 0.161 e. The molecule has 6 heteroatoms. The molecular weight excluding hydrogens is 359 g/mol. The van der Waals surface area contributed by atoms with E-state index < -0.39 is 0 Å². The SMILES string of the molecule is CCOc1cc([C@@H](CCC(C)C)N2CCNCC2)ccc1OC.Cl.Cl. The van der Waals surface area contributed by atoms with Crippen molar-refractivity contribution in [3.63, 3.8) is 0 Å². The van der Waals surface area contributed by atoms with Crippen LogP contribution in [-0.4, -0.2) is 44.8 Å². The van der Waals surface area contributed by atoms with Gasteiger partial charge >= 0.3 is 0 Å². The van der Waals surface area contributed by atoms with Crippen LogP contribution in [0.2, 0.25) is 0 Å². The Kier molecular flexibility index (Phi) is 12.3. The van der Waals surface area contributed by atoms with Crippen LogP contribution in [0.4, 0.5) is 0 Å². The van der Waals surface area contributed by atoms with E-state index in [2.05, 4.69) is 36.2 Å². The van der Waals surface area contributed by atoms with Crippen LogP contribution in [0.3, 0.4) is 0 Å². The Morgan fingerprint density at radius 1 is 1.08 bits per heavy atom. The van der Waals surface area contributed by atoms with E-state index in [1.807, 2.05) is 13.0 Å². The van der Waals surface area contributed by atoms with Crippen molar-refractivity contribution in [2.75, 3.05) is 39.9 Å². The maximum absolute atomic E-state index is 5.78. The van der Waals surface area contributed by atoms with Crippen molar-refractivity contribution in [1.82, 2.24) is 10.2 Å². The fourth-order valence-corrected chi connectivity index (χ4v) is 3.21. The first-order valence-electron chi connectivity index (χ1n) is 8.91. The van der Waals surface area contributed by atoms with Gasteiger partial charge in [0, 0.05) is 32.2 Å². The second kappa shape index (κ2) is 12.6. The number of methoxy groups -OCH3 is 1. The van der Waals surface area contributed by atoms with Crippen LogP contribution in [0, 0.1) is 5.92 Å². The van der Waals surface area contributed by atoms with Crippen LogP contribution in [0.1, 0.15) is 45.2 Å². The minimum atomic E-state index is 0. The minimum absolute atomic E-state index is 0. The minimum Gasteiger partial charge on any atom is -0.493 e. The van der Waals surface area contributed by atoms with Crippen LogP contribution in [-0.2, 0) is 0 Å². The largest absolute Gasteiger partial charge is 0.493 e. The third-order valence-electron chi connectivity index (χ3n) is 4.48. The van der Waals surface area contributed by atoms with Gasteiger partial charge in [0.25, 0.3) is 0 Å². The number of ether oxygens (including phenoxy) is 2. The van der Waals surface area contributed by atoms with Gasteiger partial charge < -0.3 is 14.8 Å². The van der Waals surface area contributed by atoms with Gasteiger partial charge in [-0.05, 0) is 43.4 Å². The van der Waals surface area contributed by atoms with Gasteiger partial charge in [-0.25, -0.2) is 0 Å². The van der Waals surface area contributed by atoms with Gasteiger partial charge in [0.2, 0.25) is 0 Å². The van der Waals surface area contributed by atoms with Crippen LogP contribution >= 0.6 is 24.8 Å². The van der Waals surface area contributed by atoms with Crippen LogP contribution in [0.15, 0.2) is 18.2 Å². The predicted molar refractivity (Wildman–Crippen MR) is 110 cm³/mol. The summed E-state index contributed by atoms with van der Waals surface area (Å²) in [7, 11) is 1.70. The molecule has 1 aliphatic heterocycles. The quantitative estimate of drug-likeness (QED) is 0.713. The number of benzene rings is 1. The number of hydrogen-bond acceptors (Lipinski definition) is 4. The molecule has 0 spiro atoms. The lowest BCUT2D eigenvalue weighted by Gasteiger charge is -2.36. The van der Waals surface area contributed by atoms with Crippen LogP contribution < -0.4 is 14.8 Å². The third kappa shape index (κ3) is 7.22. The zero-order chi connectivity index (χ0) is 16.7. The zero-order valence-electron chi connectivity index (χ0n) is 15.9. The predicted octanol–water partition coefficient (Wildman–Crippen LogP) is 4.32. The van der Waals surface area contributed by atoms with Crippen molar-refractivity contribution < 1.29 is 9.47 Å². The lowest BCUT2D eigenvalue weighted by atomic mass is 9.95. The van der Waals surface area contributed by atoms with E-state index in [0.717, 1.165) is 43.6 Å². The number of piperazine rings is 1. The Balaban J connectivity index is 0.00000288. The summed E-state index contributed by atoms with van der Waals surface area (Å²) in [6, 6.07) is 6.89. The molecule has 1 N–H and O–H groups in total. The van der Waals surface area contributed by atoms with E-state index >= 15 is 0 Å². The Labute approximate surface area is 165 Å². The molecule has 0 saturated carbocycles. The van der Waals surface area contributed by atoms with Gasteiger partial charge in [0.1, 0.15) is 0 Å². The van der Waals surface area contributed by atoms with Crippen LogP contribution in [0.25, 0.3) is 0 Å². The number of nitrogens with zero attached hydrogens (tertiary/aromatic N) is 1. The molecule has 1 saturated heterocycles. The lowest BCUT2D eigenvalue weighted by molar-refractivity contribution is 0.159. The first kappa shape index (κ1) is 24.3. The molecule has 0 aliphatic carbocycles. The van der Waals surface area contributed by atoms with Crippen LogP contribution in [0.5, 0.6) is 11.5 Å². The second-order valence-electron chi connectivity index (χ2n) is 6.62. The highest BCUT2D eigenvalue weighted by Gasteiger charge is 2.23. The van der Waals surface area contributed by atoms with E-state index in [0.29, 0.717) is 12.6 Å². The molecule has 0 amide bonds. The van der Waals surface area contributed by atoms with Gasteiger partial charge in [-0.3, -0.25) is 4.90 Å². The average Bonchev–Trinajstić information content (AvgIpc) is 2.56. The molecular formula is C19H34Cl2N2O2. The maximum atomic E-state index is 5.78. The fourth-order valence-electron chi connectivity index (χ4n) is 3.21. The summed E-state index contributed by atoms with van der Waals surface area (Å²) in [5.74, 6) is 2.40. The molecule has 4 nitrogen and oxygen atoms in total. The molecule has 0 radical (unpaired) electrons. The summed E-state index contributed by atoms with van der Waals surface area (Å²) in [5, 5.41) is 3.45.